The van der Waals surface area contributed by atoms with Crippen LogP contribution < -0.4 is 10.6 Å². The minimum Gasteiger partial charge on any atom is -0.356 e. The van der Waals surface area contributed by atoms with E-state index in [2.05, 4.69) is 38.7 Å². The molecule has 1 aromatic heterocycles. The van der Waals surface area contributed by atoms with Gasteiger partial charge in [-0.2, -0.15) is 0 Å². The van der Waals surface area contributed by atoms with E-state index in [0.717, 1.165) is 43.6 Å². The highest BCUT2D eigenvalue weighted by molar-refractivity contribution is 5.48. The summed E-state index contributed by atoms with van der Waals surface area (Å²) in [5.41, 5.74) is 8.58. The van der Waals surface area contributed by atoms with Crippen LogP contribution in [0.25, 0.3) is 0 Å². The zero-order chi connectivity index (χ0) is 14.7. The van der Waals surface area contributed by atoms with Crippen molar-refractivity contribution in [1.82, 2.24) is 4.98 Å². The van der Waals surface area contributed by atoms with Gasteiger partial charge in [-0.25, -0.2) is 4.98 Å². The Morgan fingerprint density at radius 3 is 2.75 bits per heavy atom. The molecule has 20 heavy (non-hydrogen) atoms. The minimum atomic E-state index is 0.248. The summed E-state index contributed by atoms with van der Waals surface area (Å²) in [4.78, 5) is 7.17. The molecular formula is C17H29N3. The van der Waals surface area contributed by atoms with Crippen molar-refractivity contribution in [3.05, 3.63) is 23.4 Å². The van der Waals surface area contributed by atoms with E-state index in [4.69, 9.17) is 10.7 Å². The van der Waals surface area contributed by atoms with Gasteiger partial charge in [-0.1, -0.05) is 26.8 Å². The van der Waals surface area contributed by atoms with Crippen LogP contribution in [0.5, 0.6) is 0 Å². The molecule has 0 spiro atoms. The second kappa shape index (κ2) is 6.57. The summed E-state index contributed by atoms with van der Waals surface area (Å²) in [6.45, 7) is 11.3. The van der Waals surface area contributed by atoms with Crippen LogP contribution in [0.2, 0.25) is 0 Å². The zero-order valence-corrected chi connectivity index (χ0v) is 13.4. The van der Waals surface area contributed by atoms with E-state index < -0.39 is 0 Å². The Morgan fingerprint density at radius 1 is 1.40 bits per heavy atom. The Bertz CT molecular complexity index is 444. The summed E-state index contributed by atoms with van der Waals surface area (Å²) in [6, 6.07) is 2.51. The smallest absolute Gasteiger partial charge is 0.131 e. The molecule has 1 fully saturated rings. The molecule has 2 rings (SSSR count). The van der Waals surface area contributed by atoms with Gasteiger partial charge in [0.2, 0.25) is 0 Å². The second-order valence-corrected chi connectivity index (χ2v) is 6.55. The number of piperidine rings is 1. The van der Waals surface area contributed by atoms with Crippen LogP contribution >= 0.6 is 0 Å². The molecule has 0 aromatic carbocycles. The fourth-order valence-corrected chi connectivity index (χ4v) is 2.97. The quantitative estimate of drug-likeness (QED) is 0.918. The predicted octanol–water partition coefficient (Wildman–Crippen LogP) is 3.15. The molecular weight excluding hydrogens is 246 g/mol. The van der Waals surface area contributed by atoms with Gasteiger partial charge in [0.1, 0.15) is 5.82 Å². The molecule has 1 aromatic rings. The summed E-state index contributed by atoms with van der Waals surface area (Å²) < 4.78 is 0. The lowest BCUT2D eigenvalue weighted by molar-refractivity contribution is 0.322. The van der Waals surface area contributed by atoms with Crippen molar-refractivity contribution in [3.63, 3.8) is 0 Å². The van der Waals surface area contributed by atoms with Crippen LogP contribution in [-0.2, 0) is 6.42 Å². The van der Waals surface area contributed by atoms with Gasteiger partial charge in [0.15, 0.2) is 0 Å². The molecule has 1 aliphatic heterocycles. The average Bonchev–Trinajstić information content (AvgIpc) is 2.42. The Balaban J connectivity index is 2.09. The Kier molecular flexibility index (Phi) is 5.03. The maximum absolute atomic E-state index is 6.03. The average molecular weight is 275 g/mol. The van der Waals surface area contributed by atoms with Crippen molar-refractivity contribution in [1.29, 1.82) is 0 Å². The molecule has 3 unspecified atom stereocenters. The van der Waals surface area contributed by atoms with Gasteiger partial charge in [0, 0.05) is 25.3 Å². The third-order valence-electron chi connectivity index (χ3n) is 4.76. The predicted molar refractivity (Wildman–Crippen MR) is 86.1 cm³/mol. The van der Waals surface area contributed by atoms with Crippen molar-refractivity contribution in [3.8, 4) is 0 Å². The highest BCUT2D eigenvalue weighted by Crippen LogP contribution is 2.28. The first-order valence-corrected chi connectivity index (χ1v) is 7.97. The molecule has 2 N–H and O–H groups in total. The van der Waals surface area contributed by atoms with Gasteiger partial charge < -0.3 is 10.6 Å². The molecule has 3 atom stereocenters. The Morgan fingerprint density at radius 2 is 2.15 bits per heavy atom. The topological polar surface area (TPSA) is 42.1 Å². The van der Waals surface area contributed by atoms with Crippen molar-refractivity contribution in [2.75, 3.05) is 18.0 Å². The molecule has 0 aliphatic carbocycles. The number of nitrogens with two attached hydrogens (primary N) is 1. The van der Waals surface area contributed by atoms with E-state index in [1.54, 1.807) is 0 Å². The highest BCUT2D eigenvalue weighted by atomic mass is 15.2. The number of hydrogen-bond acceptors (Lipinski definition) is 3. The van der Waals surface area contributed by atoms with Crippen LogP contribution in [0, 0.1) is 18.8 Å². The Hall–Kier alpha value is -1.09. The molecule has 1 aliphatic rings. The SMILES string of the molecule is CCC(N)Cc1cnc(N2CCC(C)C(C)C2)c(C)c1. The number of aryl methyl sites for hydroxylation is 1. The van der Waals surface area contributed by atoms with Crippen LogP contribution in [0.4, 0.5) is 5.82 Å². The third-order valence-corrected chi connectivity index (χ3v) is 4.76. The minimum absolute atomic E-state index is 0.248. The molecule has 0 radical (unpaired) electrons. The Labute approximate surface area is 123 Å². The van der Waals surface area contributed by atoms with Gasteiger partial charge in [0.25, 0.3) is 0 Å². The van der Waals surface area contributed by atoms with E-state index >= 15 is 0 Å². The first-order chi connectivity index (χ1) is 9.51. The lowest BCUT2D eigenvalue weighted by Gasteiger charge is -2.36. The number of rotatable bonds is 4. The molecule has 0 amide bonds. The maximum atomic E-state index is 6.03. The molecule has 2 heterocycles. The van der Waals surface area contributed by atoms with E-state index in [1.165, 1.54) is 17.5 Å². The summed E-state index contributed by atoms with van der Waals surface area (Å²) >= 11 is 0. The zero-order valence-electron chi connectivity index (χ0n) is 13.4. The molecule has 3 heteroatoms. The molecule has 1 saturated heterocycles. The fraction of sp³-hybridized carbons (Fsp3) is 0.706. The molecule has 112 valence electrons. The fourth-order valence-electron chi connectivity index (χ4n) is 2.97. The summed E-state index contributed by atoms with van der Waals surface area (Å²) in [5, 5.41) is 0. The van der Waals surface area contributed by atoms with E-state index in [1.807, 2.05) is 6.20 Å². The largest absolute Gasteiger partial charge is 0.356 e. The maximum Gasteiger partial charge on any atom is 0.131 e. The first kappa shape index (κ1) is 15.3. The molecule has 0 saturated carbocycles. The monoisotopic (exact) mass is 275 g/mol. The summed E-state index contributed by atoms with van der Waals surface area (Å²) in [5.74, 6) is 2.74. The highest BCUT2D eigenvalue weighted by Gasteiger charge is 2.24. The van der Waals surface area contributed by atoms with Gasteiger partial charge in [-0.3, -0.25) is 0 Å². The van der Waals surface area contributed by atoms with E-state index in [9.17, 15) is 0 Å². The number of pyridine rings is 1. The van der Waals surface area contributed by atoms with Crippen LogP contribution in [0.3, 0.4) is 0 Å². The number of anilines is 1. The van der Waals surface area contributed by atoms with Gasteiger partial charge in [0.05, 0.1) is 0 Å². The lowest BCUT2D eigenvalue weighted by Crippen LogP contribution is -2.39. The van der Waals surface area contributed by atoms with Gasteiger partial charge in [-0.15, -0.1) is 0 Å². The number of nitrogens with zero attached hydrogens (tertiary/aromatic N) is 2. The van der Waals surface area contributed by atoms with Crippen LogP contribution in [0.1, 0.15) is 44.7 Å². The summed E-state index contributed by atoms with van der Waals surface area (Å²) in [6.07, 6.45) is 5.23. The number of hydrogen-bond donors (Lipinski definition) is 1. The standard InChI is InChI=1S/C17H29N3/c1-5-16(18)9-15-8-13(3)17(19-10-15)20-7-6-12(2)14(4)11-20/h8,10,12,14,16H,5-7,9,11,18H2,1-4H3. The normalized spacial score (nSPS) is 24.8. The van der Waals surface area contributed by atoms with E-state index in [0.29, 0.717) is 0 Å². The summed E-state index contributed by atoms with van der Waals surface area (Å²) in [7, 11) is 0. The lowest BCUT2D eigenvalue weighted by atomic mass is 9.88. The van der Waals surface area contributed by atoms with E-state index in [-0.39, 0.29) is 6.04 Å². The third kappa shape index (κ3) is 3.51. The van der Waals surface area contributed by atoms with Gasteiger partial charge >= 0.3 is 0 Å². The second-order valence-electron chi connectivity index (χ2n) is 6.55. The van der Waals surface area contributed by atoms with Crippen LogP contribution in [-0.4, -0.2) is 24.1 Å². The van der Waals surface area contributed by atoms with Crippen molar-refractivity contribution < 1.29 is 0 Å². The number of aromatic nitrogens is 1. The molecule has 3 nitrogen and oxygen atoms in total. The van der Waals surface area contributed by atoms with Crippen LogP contribution in [0.15, 0.2) is 12.3 Å². The van der Waals surface area contributed by atoms with Gasteiger partial charge in [-0.05, 0) is 49.1 Å². The van der Waals surface area contributed by atoms with Crippen molar-refractivity contribution >= 4 is 5.82 Å². The van der Waals surface area contributed by atoms with Crippen molar-refractivity contribution in [2.24, 2.45) is 17.6 Å². The van der Waals surface area contributed by atoms with Crippen molar-refractivity contribution in [2.45, 2.75) is 53.0 Å². The first-order valence-electron chi connectivity index (χ1n) is 7.97. The molecule has 0 bridgehead atoms.